The molecule has 146 valence electrons. The van der Waals surface area contributed by atoms with Gasteiger partial charge in [-0.05, 0) is 50.2 Å². The van der Waals surface area contributed by atoms with Crippen molar-refractivity contribution < 1.29 is 21.6 Å². The van der Waals surface area contributed by atoms with Crippen LogP contribution in [0.15, 0.2) is 64.4 Å². The number of amides is 1. The SMILES string of the molecule is CC(C)NS(=O)(=O)c1ccc(NC(=O)CNS(=O)(=O)c2ccccc2)cc1. The van der Waals surface area contributed by atoms with Crippen LogP contribution in [0.3, 0.4) is 0 Å². The molecule has 1 amide bonds. The van der Waals surface area contributed by atoms with Crippen LogP contribution in [0.1, 0.15) is 13.8 Å². The quantitative estimate of drug-likeness (QED) is 0.604. The van der Waals surface area contributed by atoms with Crippen molar-refractivity contribution in [3.63, 3.8) is 0 Å². The molecule has 2 aromatic rings. The van der Waals surface area contributed by atoms with Gasteiger partial charge in [0.25, 0.3) is 0 Å². The van der Waals surface area contributed by atoms with Crippen molar-refractivity contribution in [3.8, 4) is 0 Å². The summed E-state index contributed by atoms with van der Waals surface area (Å²) in [4.78, 5) is 12.1. The Labute approximate surface area is 159 Å². The van der Waals surface area contributed by atoms with Crippen LogP contribution in [-0.2, 0) is 24.8 Å². The molecule has 0 atom stereocenters. The van der Waals surface area contributed by atoms with Crippen LogP contribution in [0.4, 0.5) is 5.69 Å². The topological polar surface area (TPSA) is 121 Å². The molecule has 27 heavy (non-hydrogen) atoms. The second-order valence-electron chi connectivity index (χ2n) is 5.99. The van der Waals surface area contributed by atoms with Crippen LogP contribution in [0.25, 0.3) is 0 Å². The summed E-state index contributed by atoms with van der Waals surface area (Å²) >= 11 is 0. The molecule has 0 saturated carbocycles. The van der Waals surface area contributed by atoms with Gasteiger partial charge in [-0.15, -0.1) is 0 Å². The van der Waals surface area contributed by atoms with Gasteiger partial charge in [-0.25, -0.2) is 26.3 Å². The Morgan fingerprint density at radius 3 is 1.96 bits per heavy atom. The number of benzene rings is 2. The maximum atomic E-state index is 12.1. The predicted octanol–water partition coefficient (Wildman–Crippen LogP) is 1.29. The minimum absolute atomic E-state index is 0.0602. The lowest BCUT2D eigenvalue weighted by Crippen LogP contribution is -2.33. The molecule has 8 nitrogen and oxygen atoms in total. The number of nitrogens with one attached hydrogen (secondary N) is 3. The van der Waals surface area contributed by atoms with E-state index in [-0.39, 0.29) is 15.8 Å². The second kappa shape index (κ2) is 8.61. The predicted molar refractivity (Wildman–Crippen MR) is 102 cm³/mol. The van der Waals surface area contributed by atoms with Gasteiger partial charge in [0.1, 0.15) is 0 Å². The fraction of sp³-hybridized carbons (Fsp3) is 0.235. The summed E-state index contributed by atoms with van der Waals surface area (Å²) in [7, 11) is -7.40. The van der Waals surface area contributed by atoms with Crippen molar-refractivity contribution in [2.45, 2.75) is 29.7 Å². The van der Waals surface area contributed by atoms with Crippen molar-refractivity contribution in [2.24, 2.45) is 0 Å². The first-order valence-corrected chi connectivity index (χ1v) is 11.0. The molecule has 0 radical (unpaired) electrons. The van der Waals surface area contributed by atoms with Crippen molar-refractivity contribution in [3.05, 3.63) is 54.6 Å². The standard InChI is InChI=1S/C17H21N3O5S2/c1-13(2)20-27(24,25)16-10-8-14(9-11-16)19-17(21)12-18-26(22,23)15-6-4-3-5-7-15/h3-11,13,18,20H,12H2,1-2H3,(H,19,21). The molecule has 10 heteroatoms. The summed E-state index contributed by atoms with van der Waals surface area (Å²) in [6.07, 6.45) is 0. The molecule has 0 fully saturated rings. The minimum atomic E-state index is -3.78. The van der Waals surface area contributed by atoms with E-state index in [0.29, 0.717) is 5.69 Å². The third kappa shape index (κ3) is 6.14. The molecular formula is C17H21N3O5S2. The van der Waals surface area contributed by atoms with Crippen LogP contribution in [-0.4, -0.2) is 35.3 Å². The zero-order valence-electron chi connectivity index (χ0n) is 14.8. The first kappa shape index (κ1) is 21.0. The van der Waals surface area contributed by atoms with Gasteiger partial charge in [-0.1, -0.05) is 18.2 Å². The summed E-state index contributed by atoms with van der Waals surface area (Å²) in [5.41, 5.74) is 0.349. The third-order valence-electron chi connectivity index (χ3n) is 3.32. The average Bonchev–Trinajstić information content (AvgIpc) is 2.60. The molecule has 0 aromatic heterocycles. The van der Waals surface area contributed by atoms with Gasteiger partial charge >= 0.3 is 0 Å². The van der Waals surface area contributed by atoms with Gasteiger partial charge in [0, 0.05) is 11.7 Å². The Kier molecular flexibility index (Phi) is 6.71. The van der Waals surface area contributed by atoms with Crippen LogP contribution in [0.2, 0.25) is 0 Å². The van der Waals surface area contributed by atoms with Gasteiger partial charge in [0.15, 0.2) is 0 Å². The maximum Gasteiger partial charge on any atom is 0.241 e. The molecular weight excluding hydrogens is 390 g/mol. The normalized spacial score (nSPS) is 12.1. The van der Waals surface area contributed by atoms with E-state index in [1.54, 1.807) is 32.0 Å². The van der Waals surface area contributed by atoms with Gasteiger partial charge in [0.2, 0.25) is 26.0 Å². The number of carbonyl (C=O) groups is 1. The minimum Gasteiger partial charge on any atom is -0.325 e. The molecule has 2 aromatic carbocycles. The summed E-state index contributed by atoms with van der Waals surface area (Å²) < 4.78 is 52.9. The lowest BCUT2D eigenvalue weighted by Gasteiger charge is -2.11. The zero-order valence-corrected chi connectivity index (χ0v) is 16.5. The Balaban J connectivity index is 1.96. The number of hydrogen-bond donors (Lipinski definition) is 3. The Hall–Kier alpha value is -2.27. The van der Waals surface area contributed by atoms with Crippen molar-refractivity contribution in [2.75, 3.05) is 11.9 Å². The van der Waals surface area contributed by atoms with E-state index in [1.165, 1.54) is 36.4 Å². The lowest BCUT2D eigenvalue weighted by atomic mass is 10.3. The number of rotatable bonds is 8. The third-order valence-corrected chi connectivity index (χ3v) is 6.41. The number of anilines is 1. The second-order valence-corrected chi connectivity index (χ2v) is 9.47. The number of sulfonamides is 2. The highest BCUT2D eigenvalue weighted by Crippen LogP contribution is 2.14. The maximum absolute atomic E-state index is 12.1. The smallest absolute Gasteiger partial charge is 0.241 e. The fourth-order valence-electron chi connectivity index (χ4n) is 2.14. The van der Waals surface area contributed by atoms with E-state index in [2.05, 4.69) is 14.8 Å². The van der Waals surface area contributed by atoms with Crippen molar-refractivity contribution in [1.29, 1.82) is 0 Å². The molecule has 3 N–H and O–H groups in total. The summed E-state index contributed by atoms with van der Waals surface area (Å²) in [6.45, 7) is 2.97. The van der Waals surface area contributed by atoms with Crippen molar-refractivity contribution in [1.82, 2.24) is 9.44 Å². The first-order chi connectivity index (χ1) is 12.6. The first-order valence-electron chi connectivity index (χ1n) is 8.07. The largest absolute Gasteiger partial charge is 0.325 e. The van der Waals surface area contributed by atoms with E-state index in [1.807, 2.05) is 0 Å². The van der Waals surface area contributed by atoms with Gasteiger partial charge in [0.05, 0.1) is 16.3 Å². The fourth-order valence-corrected chi connectivity index (χ4v) is 4.40. The Morgan fingerprint density at radius 2 is 1.41 bits per heavy atom. The molecule has 0 heterocycles. The number of carbonyl (C=O) groups excluding carboxylic acids is 1. The molecule has 0 saturated heterocycles. The summed E-state index contributed by atoms with van der Waals surface area (Å²) in [6, 6.07) is 13.0. The van der Waals surface area contributed by atoms with E-state index < -0.39 is 32.5 Å². The summed E-state index contributed by atoms with van der Waals surface area (Å²) in [5, 5.41) is 2.50. The van der Waals surface area contributed by atoms with E-state index in [0.717, 1.165) is 0 Å². The van der Waals surface area contributed by atoms with E-state index >= 15 is 0 Å². The van der Waals surface area contributed by atoms with Gasteiger partial charge in [-0.3, -0.25) is 4.79 Å². The van der Waals surface area contributed by atoms with E-state index in [9.17, 15) is 21.6 Å². The number of hydrogen-bond acceptors (Lipinski definition) is 5. The highest BCUT2D eigenvalue weighted by Gasteiger charge is 2.16. The Bertz CT molecular complexity index is 987. The highest BCUT2D eigenvalue weighted by atomic mass is 32.2. The van der Waals surface area contributed by atoms with Crippen LogP contribution < -0.4 is 14.8 Å². The van der Waals surface area contributed by atoms with Gasteiger partial charge in [-0.2, -0.15) is 0 Å². The van der Waals surface area contributed by atoms with E-state index in [4.69, 9.17) is 0 Å². The molecule has 0 aliphatic carbocycles. The molecule has 0 unspecified atom stereocenters. The van der Waals surface area contributed by atoms with Gasteiger partial charge < -0.3 is 5.32 Å². The average molecular weight is 412 g/mol. The molecule has 0 aliphatic rings. The monoisotopic (exact) mass is 411 g/mol. The molecule has 2 rings (SSSR count). The highest BCUT2D eigenvalue weighted by molar-refractivity contribution is 7.89. The van der Waals surface area contributed by atoms with Crippen LogP contribution in [0.5, 0.6) is 0 Å². The van der Waals surface area contributed by atoms with Crippen LogP contribution >= 0.6 is 0 Å². The zero-order chi connectivity index (χ0) is 20.1. The van der Waals surface area contributed by atoms with Crippen molar-refractivity contribution >= 4 is 31.6 Å². The molecule has 0 spiro atoms. The molecule has 0 bridgehead atoms. The van der Waals surface area contributed by atoms with Crippen LogP contribution in [0, 0.1) is 0 Å². The summed E-state index contributed by atoms with van der Waals surface area (Å²) in [5.74, 6) is -0.578. The molecule has 0 aliphatic heterocycles. The lowest BCUT2D eigenvalue weighted by molar-refractivity contribution is -0.115. The Morgan fingerprint density at radius 1 is 0.852 bits per heavy atom.